The van der Waals surface area contributed by atoms with Gasteiger partial charge in [0.05, 0.1) is 33.3 Å². The number of benzene rings is 8. The highest BCUT2D eigenvalue weighted by Crippen LogP contribution is 2.43. The fourth-order valence-corrected chi connectivity index (χ4v) is 9.22. The van der Waals surface area contributed by atoms with Crippen molar-refractivity contribution in [3.63, 3.8) is 0 Å². The van der Waals surface area contributed by atoms with Gasteiger partial charge in [-0.2, -0.15) is 0 Å². The van der Waals surface area contributed by atoms with E-state index in [4.69, 9.17) is 4.98 Å². The van der Waals surface area contributed by atoms with Crippen molar-refractivity contribution in [2.24, 2.45) is 0 Å². The molecule has 0 aliphatic rings. The molecule has 0 radical (unpaired) electrons. The number of rotatable bonds is 5. The Balaban J connectivity index is 1.21. The van der Waals surface area contributed by atoms with Crippen LogP contribution in [0.15, 0.2) is 212 Å². The summed E-state index contributed by atoms with van der Waals surface area (Å²) in [5.74, 6) is 0.879. The third-order valence-electron chi connectivity index (χ3n) is 11.8. The van der Waals surface area contributed by atoms with Gasteiger partial charge in [-0.25, -0.2) is 4.98 Å². The molecule has 0 atom stereocenters. The van der Waals surface area contributed by atoms with Crippen LogP contribution in [0.1, 0.15) is 0 Å². The van der Waals surface area contributed by atoms with Gasteiger partial charge in [0, 0.05) is 32.5 Å². The predicted octanol–water partition coefficient (Wildman–Crippen LogP) is 14.6. The minimum absolute atomic E-state index is 0.879. The van der Waals surface area contributed by atoms with Crippen molar-refractivity contribution < 1.29 is 0 Å². The lowest BCUT2D eigenvalue weighted by Crippen LogP contribution is -2.01. The number of pyridine rings is 2. The van der Waals surface area contributed by atoms with Gasteiger partial charge < -0.3 is 4.40 Å². The first kappa shape index (κ1) is 32.5. The molecule has 0 aliphatic heterocycles. The Morgan fingerprint density at radius 3 is 1.57 bits per heavy atom. The van der Waals surface area contributed by atoms with Crippen LogP contribution in [0.4, 0.5) is 0 Å². The van der Waals surface area contributed by atoms with Crippen molar-refractivity contribution in [2.45, 2.75) is 0 Å². The zero-order chi connectivity index (χ0) is 38.2. The molecule has 3 nitrogen and oxygen atoms in total. The summed E-state index contributed by atoms with van der Waals surface area (Å²) in [7, 11) is 0. The van der Waals surface area contributed by atoms with E-state index in [-0.39, 0.29) is 0 Å². The van der Waals surface area contributed by atoms with Crippen molar-refractivity contribution in [1.82, 2.24) is 14.0 Å². The van der Waals surface area contributed by atoms with Gasteiger partial charge in [-0.05, 0) is 87.3 Å². The summed E-state index contributed by atoms with van der Waals surface area (Å²) in [6.45, 7) is 0. The van der Waals surface area contributed by atoms with Crippen LogP contribution in [0.25, 0.3) is 110 Å². The van der Waals surface area contributed by atoms with Gasteiger partial charge in [-0.3, -0.25) is 4.57 Å². The lowest BCUT2D eigenvalue weighted by molar-refractivity contribution is 1.09. The summed E-state index contributed by atoms with van der Waals surface area (Å²) in [6, 6.07) is 76.8. The maximum absolute atomic E-state index is 5.64. The summed E-state index contributed by atoms with van der Waals surface area (Å²) < 4.78 is 4.88. The first-order valence-corrected chi connectivity index (χ1v) is 19.9. The second kappa shape index (κ2) is 12.9. The summed E-state index contributed by atoms with van der Waals surface area (Å²) in [5, 5.41) is 7.30. The largest absolute Gasteiger partial charge is 0.309 e. The molecule has 0 saturated carbocycles. The fraction of sp³-hybridized carbons (Fsp3) is 0. The Kier molecular flexibility index (Phi) is 7.23. The average Bonchev–Trinajstić information content (AvgIpc) is 3.86. The molecule has 0 spiro atoms. The second-order valence-electron chi connectivity index (χ2n) is 15.2. The molecule has 58 heavy (non-hydrogen) atoms. The number of aromatic nitrogens is 3. The van der Waals surface area contributed by atoms with E-state index in [0.29, 0.717) is 0 Å². The molecule has 3 heteroatoms. The molecule has 0 amide bonds. The van der Waals surface area contributed by atoms with Crippen LogP contribution in [0, 0.1) is 0 Å². The molecule has 270 valence electrons. The molecule has 12 aromatic rings. The Bertz CT molecular complexity index is 3460. The van der Waals surface area contributed by atoms with Gasteiger partial charge in [-0.15, -0.1) is 0 Å². The van der Waals surface area contributed by atoms with Gasteiger partial charge in [0.1, 0.15) is 5.82 Å². The van der Waals surface area contributed by atoms with E-state index in [1.807, 2.05) is 0 Å². The Labute approximate surface area is 335 Å². The van der Waals surface area contributed by atoms with E-state index in [2.05, 4.69) is 221 Å². The second-order valence-corrected chi connectivity index (χ2v) is 15.2. The molecule has 8 aromatic carbocycles. The summed E-state index contributed by atoms with van der Waals surface area (Å²) in [6.07, 6.45) is 0. The molecule has 0 fully saturated rings. The molecule has 0 bridgehead atoms. The lowest BCUT2D eigenvalue weighted by atomic mass is 9.97. The maximum atomic E-state index is 5.64. The fourth-order valence-electron chi connectivity index (χ4n) is 9.22. The average molecular weight is 738 g/mol. The highest BCUT2D eigenvalue weighted by atomic mass is 15.1. The predicted molar refractivity (Wildman–Crippen MR) is 244 cm³/mol. The number of hydrogen-bond donors (Lipinski definition) is 0. The third-order valence-corrected chi connectivity index (χ3v) is 11.8. The van der Waals surface area contributed by atoms with Gasteiger partial charge >= 0.3 is 0 Å². The SMILES string of the molecule is c1ccc(-c2cccc(-c3cc(-c4cccc(-c5ccccc5)c4)nc(-n4c5ccccc5c5ccc6c7ccccc7n7c8ccccc8cc7c6c54)c3)c2)cc1. The topological polar surface area (TPSA) is 22.2 Å². The van der Waals surface area contributed by atoms with Crippen molar-refractivity contribution in [1.29, 1.82) is 0 Å². The number of hydrogen-bond acceptors (Lipinski definition) is 1. The van der Waals surface area contributed by atoms with Gasteiger partial charge in [0.15, 0.2) is 0 Å². The summed E-state index contributed by atoms with van der Waals surface area (Å²) in [5.41, 5.74) is 14.8. The highest BCUT2D eigenvalue weighted by molar-refractivity contribution is 6.28. The van der Waals surface area contributed by atoms with Crippen LogP contribution in [-0.4, -0.2) is 14.0 Å². The van der Waals surface area contributed by atoms with E-state index < -0.39 is 0 Å². The number of para-hydroxylation sites is 3. The van der Waals surface area contributed by atoms with Crippen LogP contribution in [0.3, 0.4) is 0 Å². The zero-order valence-corrected chi connectivity index (χ0v) is 31.5. The molecule has 0 aliphatic carbocycles. The summed E-state index contributed by atoms with van der Waals surface area (Å²) in [4.78, 5) is 5.64. The van der Waals surface area contributed by atoms with Crippen LogP contribution < -0.4 is 0 Å². The molecular formula is C55H35N3. The monoisotopic (exact) mass is 737 g/mol. The molecule has 12 rings (SSSR count). The first-order chi connectivity index (χ1) is 28.8. The van der Waals surface area contributed by atoms with Crippen molar-refractivity contribution >= 4 is 59.9 Å². The molecule has 0 saturated heterocycles. The lowest BCUT2D eigenvalue weighted by Gasteiger charge is -2.16. The highest BCUT2D eigenvalue weighted by Gasteiger charge is 2.22. The van der Waals surface area contributed by atoms with Gasteiger partial charge in [0.25, 0.3) is 0 Å². The van der Waals surface area contributed by atoms with Crippen LogP contribution >= 0.6 is 0 Å². The van der Waals surface area contributed by atoms with Crippen LogP contribution in [0.2, 0.25) is 0 Å². The minimum atomic E-state index is 0.879. The summed E-state index contributed by atoms with van der Waals surface area (Å²) >= 11 is 0. The molecular weight excluding hydrogens is 703 g/mol. The van der Waals surface area contributed by atoms with Crippen LogP contribution in [0.5, 0.6) is 0 Å². The van der Waals surface area contributed by atoms with Crippen LogP contribution in [-0.2, 0) is 0 Å². The van der Waals surface area contributed by atoms with E-state index in [0.717, 1.165) is 44.8 Å². The Morgan fingerprint density at radius 2 is 0.845 bits per heavy atom. The first-order valence-electron chi connectivity index (χ1n) is 19.9. The normalized spacial score (nSPS) is 11.8. The number of nitrogens with zero attached hydrogens (tertiary/aromatic N) is 3. The van der Waals surface area contributed by atoms with E-state index in [1.165, 1.54) is 65.6 Å². The Morgan fingerprint density at radius 1 is 0.310 bits per heavy atom. The molecule has 0 N–H and O–H groups in total. The molecule has 0 unspecified atom stereocenters. The van der Waals surface area contributed by atoms with Gasteiger partial charge in [0.2, 0.25) is 0 Å². The smallest absolute Gasteiger partial charge is 0.138 e. The van der Waals surface area contributed by atoms with E-state index >= 15 is 0 Å². The quantitative estimate of drug-likeness (QED) is 0.161. The molecule has 4 aromatic heterocycles. The van der Waals surface area contributed by atoms with E-state index in [1.54, 1.807) is 0 Å². The standard InChI is InChI=1S/C55H35N3/c1-3-15-36(16-4-1)38-20-13-22-40(31-38)43-33-48(41-23-14-21-39(32-41)37-17-5-2-6-18-37)56-53(35-43)58-51-28-12-9-25-45(51)47-30-29-46-44-24-8-11-27-50(44)57-49-26-10-7-19-42(49)34-52(57)54(46)55(47)58/h1-35H. The zero-order valence-electron chi connectivity index (χ0n) is 31.5. The Hall–Kier alpha value is -7.75. The van der Waals surface area contributed by atoms with E-state index in [9.17, 15) is 0 Å². The van der Waals surface area contributed by atoms with Gasteiger partial charge in [-0.1, -0.05) is 164 Å². The van der Waals surface area contributed by atoms with Crippen molar-refractivity contribution in [3.8, 4) is 50.5 Å². The van der Waals surface area contributed by atoms with Crippen molar-refractivity contribution in [2.75, 3.05) is 0 Å². The molecule has 4 heterocycles. The maximum Gasteiger partial charge on any atom is 0.138 e. The third kappa shape index (κ3) is 5.04. The minimum Gasteiger partial charge on any atom is -0.309 e. The number of fused-ring (bicyclic) bond motifs is 12. The van der Waals surface area contributed by atoms with Crippen molar-refractivity contribution in [3.05, 3.63) is 212 Å².